The van der Waals surface area contributed by atoms with Crippen molar-refractivity contribution in [3.05, 3.63) is 95.6 Å². The van der Waals surface area contributed by atoms with Crippen LogP contribution >= 0.6 is 0 Å². The van der Waals surface area contributed by atoms with E-state index < -0.39 is 36.0 Å². The molecule has 2 atom stereocenters. The van der Waals surface area contributed by atoms with E-state index in [1.807, 2.05) is 49.4 Å². The predicted molar refractivity (Wildman–Crippen MR) is 134 cm³/mol. The minimum absolute atomic E-state index is 0.361. The standard InChI is InChI=1S/C28H24N4O5/c1-17-9-11-19(12-10-17)28(2)26(34)31(27(35)29-28)16-25(33)32-21(23-8-5-13-36-23)15-20(30-32)24-14-18-6-3-4-7-22(18)37-24/h3-14,21H,15-16H2,1-2H3,(H,29,35). The Kier molecular flexibility index (Phi) is 5.22. The van der Waals surface area contributed by atoms with Crippen LogP contribution < -0.4 is 5.32 Å². The first-order chi connectivity index (χ1) is 17.8. The molecule has 6 rings (SSSR count). The molecule has 0 aliphatic carbocycles. The number of amides is 4. The van der Waals surface area contributed by atoms with E-state index in [0.717, 1.165) is 15.8 Å². The van der Waals surface area contributed by atoms with Gasteiger partial charge in [0.25, 0.3) is 11.8 Å². The van der Waals surface area contributed by atoms with Crippen LogP contribution in [0.1, 0.15) is 42.0 Å². The number of carbonyl (C=O) groups is 3. The Balaban J connectivity index is 1.28. The van der Waals surface area contributed by atoms with Gasteiger partial charge in [-0.1, -0.05) is 48.0 Å². The van der Waals surface area contributed by atoms with E-state index in [-0.39, 0.29) is 0 Å². The number of carbonyl (C=O) groups excluding carboxylic acids is 3. The van der Waals surface area contributed by atoms with Crippen LogP contribution in [0.5, 0.6) is 0 Å². The van der Waals surface area contributed by atoms with Gasteiger partial charge in [0.05, 0.1) is 6.26 Å². The summed E-state index contributed by atoms with van der Waals surface area (Å²) < 4.78 is 11.6. The average molecular weight is 497 g/mol. The lowest BCUT2D eigenvalue weighted by Gasteiger charge is -2.24. The number of para-hydroxylation sites is 1. The van der Waals surface area contributed by atoms with Crippen molar-refractivity contribution < 1.29 is 23.2 Å². The Morgan fingerprint density at radius 1 is 1.11 bits per heavy atom. The van der Waals surface area contributed by atoms with Crippen LogP contribution in [0.25, 0.3) is 11.0 Å². The molecule has 9 heteroatoms. The van der Waals surface area contributed by atoms with Gasteiger partial charge >= 0.3 is 6.03 Å². The largest absolute Gasteiger partial charge is 0.467 e. The SMILES string of the molecule is Cc1ccc(C2(C)NC(=O)N(CC(=O)N3N=C(c4cc5ccccc5o4)CC3c3ccco3)C2=O)cc1. The van der Waals surface area contributed by atoms with Crippen LogP contribution in [0.3, 0.4) is 0 Å². The maximum absolute atomic E-state index is 13.5. The number of rotatable bonds is 5. The minimum Gasteiger partial charge on any atom is -0.467 e. The zero-order valence-corrected chi connectivity index (χ0v) is 20.3. The monoisotopic (exact) mass is 496 g/mol. The molecule has 1 saturated heterocycles. The van der Waals surface area contributed by atoms with Gasteiger partial charge in [0.1, 0.15) is 35.2 Å². The maximum Gasteiger partial charge on any atom is 0.325 e. The Morgan fingerprint density at radius 3 is 2.62 bits per heavy atom. The number of imide groups is 1. The summed E-state index contributed by atoms with van der Waals surface area (Å²) in [5.74, 6) is 0.0917. The summed E-state index contributed by atoms with van der Waals surface area (Å²) in [6, 6.07) is 19.2. The number of hydrogen-bond donors (Lipinski definition) is 1. The molecule has 2 aliphatic heterocycles. The van der Waals surface area contributed by atoms with Gasteiger partial charge in [0.2, 0.25) is 0 Å². The van der Waals surface area contributed by atoms with Crippen molar-refractivity contribution in [3.63, 3.8) is 0 Å². The number of urea groups is 1. The molecule has 0 radical (unpaired) electrons. The highest BCUT2D eigenvalue weighted by Crippen LogP contribution is 2.35. The van der Waals surface area contributed by atoms with E-state index in [0.29, 0.717) is 34.8 Å². The van der Waals surface area contributed by atoms with E-state index in [9.17, 15) is 14.4 Å². The molecule has 4 aromatic rings. The quantitative estimate of drug-likeness (QED) is 0.410. The molecule has 2 aliphatic rings. The Hall–Kier alpha value is -4.66. The highest BCUT2D eigenvalue weighted by Gasteiger charge is 2.50. The second-order valence-electron chi connectivity index (χ2n) is 9.48. The van der Waals surface area contributed by atoms with Crippen LogP contribution in [0.15, 0.2) is 86.9 Å². The number of aryl methyl sites for hydroxylation is 1. The van der Waals surface area contributed by atoms with Gasteiger partial charge in [-0.2, -0.15) is 5.10 Å². The number of nitrogens with zero attached hydrogens (tertiary/aromatic N) is 3. The first-order valence-corrected chi connectivity index (χ1v) is 12.0. The molecular weight excluding hydrogens is 472 g/mol. The first kappa shape index (κ1) is 22.8. The fourth-order valence-electron chi connectivity index (χ4n) is 4.85. The third kappa shape index (κ3) is 3.79. The molecule has 4 amide bonds. The summed E-state index contributed by atoms with van der Waals surface area (Å²) in [5, 5.41) is 9.52. The summed E-state index contributed by atoms with van der Waals surface area (Å²) in [6.07, 6.45) is 1.89. The Labute approximate surface area is 212 Å². The normalized spacial score (nSPS) is 21.6. The first-order valence-electron chi connectivity index (χ1n) is 12.0. The molecule has 2 aromatic carbocycles. The van der Waals surface area contributed by atoms with E-state index in [4.69, 9.17) is 8.83 Å². The fraction of sp³-hybridized carbons (Fsp3) is 0.214. The summed E-state index contributed by atoms with van der Waals surface area (Å²) >= 11 is 0. The lowest BCUT2D eigenvalue weighted by Crippen LogP contribution is -2.43. The molecule has 1 N–H and O–H groups in total. The Morgan fingerprint density at radius 2 is 1.89 bits per heavy atom. The topological polar surface area (TPSA) is 108 Å². The summed E-state index contributed by atoms with van der Waals surface area (Å²) in [4.78, 5) is 40.7. The van der Waals surface area contributed by atoms with Crippen molar-refractivity contribution in [2.75, 3.05) is 6.54 Å². The highest BCUT2D eigenvalue weighted by atomic mass is 16.3. The zero-order chi connectivity index (χ0) is 25.7. The molecule has 186 valence electrons. The third-order valence-corrected chi connectivity index (χ3v) is 6.94. The zero-order valence-electron chi connectivity index (χ0n) is 20.3. The van der Waals surface area contributed by atoms with Gasteiger partial charge < -0.3 is 14.2 Å². The van der Waals surface area contributed by atoms with Crippen molar-refractivity contribution in [2.24, 2.45) is 5.10 Å². The lowest BCUT2D eigenvalue weighted by atomic mass is 9.91. The van der Waals surface area contributed by atoms with Crippen LogP contribution in [-0.4, -0.2) is 40.0 Å². The molecule has 37 heavy (non-hydrogen) atoms. The summed E-state index contributed by atoms with van der Waals surface area (Å²) in [5.41, 5.74) is 1.71. The van der Waals surface area contributed by atoms with Crippen LogP contribution in [0, 0.1) is 6.92 Å². The average Bonchev–Trinajstić information content (AvgIpc) is 3.67. The molecule has 2 aromatic heterocycles. The van der Waals surface area contributed by atoms with Gasteiger partial charge in [-0.05, 0) is 43.7 Å². The maximum atomic E-state index is 13.5. The molecule has 9 nitrogen and oxygen atoms in total. The summed E-state index contributed by atoms with van der Waals surface area (Å²) in [7, 11) is 0. The number of benzene rings is 2. The number of furan rings is 2. The molecule has 0 spiro atoms. The van der Waals surface area contributed by atoms with Gasteiger partial charge in [0.15, 0.2) is 5.76 Å². The fourth-order valence-corrected chi connectivity index (χ4v) is 4.85. The van der Waals surface area contributed by atoms with E-state index >= 15 is 0 Å². The molecule has 4 heterocycles. The third-order valence-electron chi connectivity index (χ3n) is 6.94. The van der Waals surface area contributed by atoms with E-state index in [1.54, 1.807) is 31.2 Å². The number of fused-ring (bicyclic) bond motifs is 1. The number of hydrazone groups is 1. The summed E-state index contributed by atoms with van der Waals surface area (Å²) in [6.45, 7) is 3.12. The van der Waals surface area contributed by atoms with Crippen molar-refractivity contribution in [1.29, 1.82) is 0 Å². The highest BCUT2D eigenvalue weighted by molar-refractivity contribution is 6.09. The van der Waals surface area contributed by atoms with Crippen molar-refractivity contribution in [1.82, 2.24) is 15.2 Å². The number of hydrogen-bond acceptors (Lipinski definition) is 6. The molecule has 1 fully saturated rings. The Bertz CT molecular complexity index is 1520. The van der Waals surface area contributed by atoms with E-state index in [2.05, 4.69) is 10.4 Å². The molecule has 2 unspecified atom stereocenters. The van der Waals surface area contributed by atoms with Gasteiger partial charge in [-0.25, -0.2) is 9.80 Å². The van der Waals surface area contributed by atoms with Crippen LogP contribution in [0.2, 0.25) is 0 Å². The minimum atomic E-state index is -1.26. The lowest BCUT2D eigenvalue weighted by molar-refractivity contribution is -0.140. The predicted octanol–water partition coefficient (Wildman–Crippen LogP) is 4.48. The van der Waals surface area contributed by atoms with Gasteiger partial charge in [-0.3, -0.25) is 14.5 Å². The van der Waals surface area contributed by atoms with Gasteiger partial charge in [-0.15, -0.1) is 0 Å². The molecular formula is C28H24N4O5. The van der Waals surface area contributed by atoms with Gasteiger partial charge in [0, 0.05) is 11.8 Å². The second kappa shape index (κ2) is 8.48. The molecule has 0 saturated carbocycles. The van der Waals surface area contributed by atoms with Crippen molar-refractivity contribution in [2.45, 2.75) is 31.8 Å². The second-order valence-corrected chi connectivity index (χ2v) is 9.48. The van der Waals surface area contributed by atoms with Crippen molar-refractivity contribution >= 4 is 34.5 Å². The molecule has 0 bridgehead atoms. The number of nitrogens with one attached hydrogen (secondary N) is 1. The smallest absolute Gasteiger partial charge is 0.325 e. The van der Waals surface area contributed by atoms with Crippen LogP contribution in [0.4, 0.5) is 4.79 Å². The van der Waals surface area contributed by atoms with Crippen molar-refractivity contribution in [3.8, 4) is 0 Å². The van der Waals surface area contributed by atoms with Crippen LogP contribution in [-0.2, 0) is 15.1 Å². The van der Waals surface area contributed by atoms with E-state index in [1.165, 1.54) is 11.3 Å².